The number of hydrogen-bond donors (Lipinski definition) is 2. The Morgan fingerprint density at radius 2 is 2.47 bits per heavy atom. The summed E-state index contributed by atoms with van der Waals surface area (Å²) in [6.07, 6.45) is 2.48. The molecule has 1 atom stereocenters. The van der Waals surface area contributed by atoms with E-state index >= 15 is 0 Å². The third kappa shape index (κ3) is 1.58. The Balaban J connectivity index is 2.21. The van der Waals surface area contributed by atoms with Crippen LogP contribution in [0.5, 0.6) is 0 Å². The largest absolute Gasteiger partial charge is 0.396 e. The van der Waals surface area contributed by atoms with E-state index in [1.54, 1.807) is 10.9 Å². The van der Waals surface area contributed by atoms with Crippen molar-refractivity contribution < 1.29 is 4.79 Å². The van der Waals surface area contributed by atoms with E-state index in [0.29, 0.717) is 12.2 Å². The molecule has 5 heteroatoms. The summed E-state index contributed by atoms with van der Waals surface area (Å²) >= 11 is 0. The van der Waals surface area contributed by atoms with Gasteiger partial charge in [0.25, 0.3) is 0 Å². The van der Waals surface area contributed by atoms with Crippen molar-refractivity contribution in [1.82, 2.24) is 15.1 Å². The summed E-state index contributed by atoms with van der Waals surface area (Å²) < 4.78 is 1.81. The van der Waals surface area contributed by atoms with E-state index in [4.69, 9.17) is 5.73 Å². The van der Waals surface area contributed by atoms with E-state index < -0.39 is 0 Å². The van der Waals surface area contributed by atoms with Gasteiger partial charge in [-0.25, -0.2) is 0 Å². The lowest BCUT2D eigenvalue weighted by Crippen LogP contribution is -2.33. The summed E-state index contributed by atoms with van der Waals surface area (Å²) in [4.78, 5) is 11.6. The number of aromatic nitrogens is 2. The Bertz CT molecular complexity index is 398. The average molecular weight is 208 g/mol. The minimum Gasteiger partial charge on any atom is -0.396 e. The van der Waals surface area contributed by atoms with Crippen LogP contribution in [0.3, 0.4) is 0 Å². The summed E-state index contributed by atoms with van der Waals surface area (Å²) in [5, 5.41) is 7.02. The summed E-state index contributed by atoms with van der Waals surface area (Å²) in [5.41, 5.74) is 6.97. The maximum Gasteiger partial charge on any atom is 0.227 e. The number of hydrogen-bond acceptors (Lipinski definition) is 3. The molecule has 3 N–H and O–H groups in total. The minimum atomic E-state index is -0.344. The minimum absolute atomic E-state index is 0.107. The predicted octanol–water partition coefficient (Wildman–Crippen LogP) is 0.300. The highest BCUT2D eigenvalue weighted by Gasteiger charge is 2.38. The average Bonchev–Trinajstić information content (AvgIpc) is 2.66. The molecule has 0 aliphatic carbocycles. The lowest BCUT2D eigenvalue weighted by molar-refractivity contribution is -0.127. The molecule has 0 saturated carbocycles. The number of carbonyl (C=O) groups excluding carboxylic acids is 1. The molecule has 0 radical (unpaired) electrons. The molecule has 0 aromatic carbocycles. The van der Waals surface area contributed by atoms with Gasteiger partial charge in [-0.05, 0) is 20.3 Å². The number of nitrogen functional groups attached to an aromatic ring is 1. The fourth-order valence-corrected chi connectivity index (χ4v) is 1.88. The third-order valence-corrected chi connectivity index (χ3v) is 3.15. The highest BCUT2D eigenvalue weighted by atomic mass is 16.2. The number of nitrogens with two attached hydrogens (primary N) is 1. The van der Waals surface area contributed by atoms with Gasteiger partial charge in [-0.1, -0.05) is 0 Å². The van der Waals surface area contributed by atoms with Crippen molar-refractivity contribution in [1.29, 1.82) is 0 Å². The first kappa shape index (κ1) is 10.0. The quantitative estimate of drug-likeness (QED) is 0.734. The molecule has 0 spiro atoms. The van der Waals surface area contributed by atoms with Crippen LogP contribution < -0.4 is 11.1 Å². The molecule has 1 aliphatic heterocycles. The molecule has 1 unspecified atom stereocenters. The Hall–Kier alpha value is -1.52. The molecule has 1 aromatic rings. The van der Waals surface area contributed by atoms with Crippen LogP contribution in [0, 0.1) is 12.3 Å². The van der Waals surface area contributed by atoms with E-state index in [2.05, 4.69) is 10.4 Å². The fourth-order valence-electron chi connectivity index (χ4n) is 1.88. The standard InChI is InChI=1S/C10H16N4O/c1-7-8(11)5-13-14(7)6-10(2)3-4-12-9(10)15/h5H,3-4,6,11H2,1-2H3,(H,12,15). The van der Waals surface area contributed by atoms with Gasteiger partial charge in [-0.15, -0.1) is 0 Å². The second kappa shape index (κ2) is 3.25. The lowest BCUT2D eigenvalue weighted by Gasteiger charge is -2.20. The van der Waals surface area contributed by atoms with Gasteiger partial charge in [-0.2, -0.15) is 5.10 Å². The highest BCUT2D eigenvalue weighted by molar-refractivity contribution is 5.84. The number of amides is 1. The topological polar surface area (TPSA) is 72.9 Å². The monoisotopic (exact) mass is 208 g/mol. The fraction of sp³-hybridized carbons (Fsp3) is 0.600. The molecule has 0 bridgehead atoms. The first-order valence-corrected chi connectivity index (χ1v) is 5.09. The summed E-state index contributed by atoms with van der Waals surface area (Å²) in [6.45, 7) is 5.23. The van der Waals surface area contributed by atoms with Gasteiger partial charge in [-0.3, -0.25) is 9.48 Å². The van der Waals surface area contributed by atoms with Gasteiger partial charge >= 0.3 is 0 Å². The van der Waals surface area contributed by atoms with Gasteiger partial charge in [0.05, 0.1) is 29.5 Å². The Morgan fingerprint density at radius 1 is 1.73 bits per heavy atom. The maximum absolute atomic E-state index is 11.6. The Kier molecular flexibility index (Phi) is 2.17. The Labute approximate surface area is 88.6 Å². The molecule has 2 rings (SSSR count). The second-order valence-corrected chi connectivity index (χ2v) is 4.41. The predicted molar refractivity (Wildman–Crippen MR) is 57.1 cm³/mol. The third-order valence-electron chi connectivity index (χ3n) is 3.15. The van der Waals surface area contributed by atoms with Crippen molar-refractivity contribution in [3.63, 3.8) is 0 Å². The molecule has 1 aliphatic rings. The second-order valence-electron chi connectivity index (χ2n) is 4.41. The zero-order chi connectivity index (χ0) is 11.1. The van der Waals surface area contributed by atoms with E-state index in [1.165, 1.54) is 0 Å². The molecule has 1 saturated heterocycles. The molecular formula is C10H16N4O. The van der Waals surface area contributed by atoms with Gasteiger partial charge in [0.15, 0.2) is 0 Å². The molecule has 2 heterocycles. The van der Waals surface area contributed by atoms with Crippen molar-refractivity contribution in [2.75, 3.05) is 12.3 Å². The van der Waals surface area contributed by atoms with E-state index in [0.717, 1.165) is 18.7 Å². The molecule has 82 valence electrons. The number of rotatable bonds is 2. The molecule has 1 fully saturated rings. The van der Waals surface area contributed by atoms with Crippen LogP contribution in [0.4, 0.5) is 5.69 Å². The number of nitrogens with zero attached hydrogens (tertiary/aromatic N) is 2. The smallest absolute Gasteiger partial charge is 0.227 e. The van der Waals surface area contributed by atoms with Crippen LogP contribution >= 0.6 is 0 Å². The molecule has 15 heavy (non-hydrogen) atoms. The van der Waals surface area contributed by atoms with Crippen LogP contribution in [0.25, 0.3) is 0 Å². The lowest BCUT2D eigenvalue weighted by atomic mass is 9.89. The van der Waals surface area contributed by atoms with Gasteiger partial charge < -0.3 is 11.1 Å². The van der Waals surface area contributed by atoms with Crippen LogP contribution in [-0.2, 0) is 11.3 Å². The molecule has 1 aromatic heterocycles. The maximum atomic E-state index is 11.6. The number of carbonyl (C=O) groups is 1. The van der Waals surface area contributed by atoms with Gasteiger partial charge in [0, 0.05) is 6.54 Å². The van der Waals surface area contributed by atoms with Crippen molar-refractivity contribution in [3.8, 4) is 0 Å². The SMILES string of the molecule is Cc1c(N)cnn1CC1(C)CCNC1=O. The zero-order valence-electron chi connectivity index (χ0n) is 9.08. The van der Waals surface area contributed by atoms with E-state index in [1.807, 2.05) is 13.8 Å². The first-order chi connectivity index (χ1) is 7.03. The van der Waals surface area contributed by atoms with Crippen molar-refractivity contribution in [2.45, 2.75) is 26.8 Å². The normalized spacial score (nSPS) is 25.6. The first-order valence-electron chi connectivity index (χ1n) is 5.09. The highest BCUT2D eigenvalue weighted by Crippen LogP contribution is 2.28. The summed E-state index contributed by atoms with van der Waals surface area (Å²) in [7, 11) is 0. The van der Waals surface area contributed by atoms with Gasteiger partial charge in [0.1, 0.15) is 0 Å². The van der Waals surface area contributed by atoms with E-state index in [-0.39, 0.29) is 11.3 Å². The van der Waals surface area contributed by atoms with Crippen molar-refractivity contribution in [3.05, 3.63) is 11.9 Å². The van der Waals surface area contributed by atoms with E-state index in [9.17, 15) is 4.79 Å². The summed E-state index contributed by atoms with van der Waals surface area (Å²) in [5.74, 6) is 0.107. The van der Waals surface area contributed by atoms with Gasteiger partial charge in [0.2, 0.25) is 5.91 Å². The number of anilines is 1. The molecule has 1 amide bonds. The van der Waals surface area contributed by atoms with Crippen molar-refractivity contribution in [2.24, 2.45) is 5.41 Å². The van der Waals surface area contributed by atoms with Crippen LogP contribution in [0.2, 0.25) is 0 Å². The number of nitrogens with one attached hydrogen (secondary N) is 1. The van der Waals surface area contributed by atoms with Crippen LogP contribution in [-0.4, -0.2) is 22.2 Å². The van der Waals surface area contributed by atoms with Crippen molar-refractivity contribution >= 4 is 11.6 Å². The molecule has 5 nitrogen and oxygen atoms in total. The van der Waals surface area contributed by atoms with Crippen LogP contribution in [0.1, 0.15) is 19.0 Å². The van der Waals surface area contributed by atoms with Crippen LogP contribution in [0.15, 0.2) is 6.20 Å². The summed E-state index contributed by atoms with van der Waals surface area (Å²) in [6, 6.07) is 0. The zero-order valence-corrected chi connectivity index (χ0v) is 9.08. The molecular weight excluding hydrogens is 192 g/mol. The Morgan fingerprint density at radius 3 is 2.93 bits per heavy atom.